The Morgan fingerprint density at radius 3 is 2.63 bits per heavy atom. The quantitative estimate of drug-likeness (QED) is 0.702. The molecule has 1 amide bonds. The number of methoxy groups -OCH3 is 1. The minimum atomic E-state index is 0.0889. The maximum atomic E-state index is 12.3. The Morgan fingerprint density at radius 1 is 1.13 bits per heavy atom. The lowest BCUT2D eigenvalue weighted by Gasteiger charge is -2.37. The third-order valence-corrected chi connectivity index (χ3v) is 6.87. The summed E-state index contributed by atoms with van der Waals surface area (Å²) in [5, 5.41) is 8.93. The molecular weight excluding hydrogens is 380 g/mol. The summed E-state index contributed by atoms with van der Waals surface area (Å²) in [6.07, 6.45) is 6.67. The number of hydrogen-bond acceptors (Lipinski definition) is 5. The molecule has 3 aliphatic rings. The normalized spacial score (nSPS) is 28.5. The summed E-state index contributed by atoms with van der Waals surface area (Å²) in [6.45, 7) is 2.62. The lowest BCUT2D eigenvalue weighted by Crippen LogP contribution is -2.38. The van der Waals surface area contributed by atoms with Crippen molar-refractivity contribution in [3.05, 3.63) is 36.5 Å². The van der Waals surface area contributed by atoms with Crippen LogP contribution in [0.15, 0.2) is 36.5 Å². The zero-order valence-electron chi connectivity index (χ0n) is 17.5. The fraction of sp³-hybridized carbons (Fsp3) is 0.609. The largest absolute Gasteiger partial charge is 0.376 e. The van der Waals surface area contributed by atoms with Gasteiger partial charge in [0.05, 0.1) is 18.3 Å². The van der Waals surface area contributed by atoms with E-state index in [2.05, 4.69) is 28.6 Å². The van der Waals surface area contributed by atoms with Crippen LogP contribution in [0.4, 0.5) is 0 Å². The molecule has 0 bridgehead atoms. The van der Waals surface area contributed by atoms with Crippen LogP contribution >= 0.6 is 0 Å². The molecule has 7 heteroatoms. The molecule has 3 fully saturated rings. The van der Waals surface area contributed by atoms with Gasteiger partial charge in [0.1, 0.15) is 12.3 Å². The Bertz CT molecular complexity index is 866. The summed E-state index contributed by atoms with van der Waals surface area (Å²) < 4.78 is 13.5. The number of nitrogens with zero attached hydrogens (tertiary/aromatic N) is 4. The van der Waals surface area contributed by atoms with E-state index in [9.17, 15) is 4.79 Å². The van der Waals surface area contributed by atoms with Gasteiger partial charge < -0.3 is 14.4 Å². The Morgan fingerprint density at radius 2 is 1.90 bits per heavy atom. The topological polar surface area (TPSA) is 69.5 Å². The predicted molar refractivity (Wildman–Crippen MR) is 112 cm³/mol. The lowest BCUT2D eigenvalue weighted by atomic mass is 9.77. The highest BCUT2D eigenvalue weighted by Gasteiger charge is 2.45. The van der Waals surface area contributed by atoms with Crippen LogP contribution in [-0.4, -0.2) is 65.3 Å². The van der Waals surface area contributed by atoms with E-state index in [1.165, 1.54) is 12.8 Å². The highest BCUT2D eigenvalue weighted by atomic mass is 16.5. The first kappa shape index (κ1) is 19.7. The first-order chi connectivity index (χ1) is 14.7. The molecule has 2 heterocycles. The van der Waals surface area contributed by atoms with E-state index in [4.69, 9.17) is 9.47 Å². The minimum Gasteiger partial charge on any atom is -0.376 e. The maximum absolute atomic E-state index is 12.3. The van der Waals surface area contributed by atoms with Gasteiger partial charge in [-0.2, -0.15) is 0 Å². The van der Waals surface area contributed by atoms with E-state index in [0.29, 0.717) is 11.8 Å². The van der Waals surface area contributed by atoms with Crippen LogP contribution in [-0.2, 0) is 14.3 Å². The van der Waals surface area contributed by atoms with Gasteiger partial charge in [0.25, 0.3) is 0 Å². The molecule has 0 radical (unpaired) electrons. The van der Waals surface area contributed by atoms with Crippen molar-refractivity contribution in [2.45, 2.75) is 37.8 Å². The minimum absolute atomic E-state index is 0.0889. The van der Waals surface area contributed by atoms with E-state index in [0.717, 1.165) is 49.7 Å². The summed E-state index contributed by atoms with van der Waals surface area (Å²) in [5.74, 6) is 1.78. The highest BCUT2D eigenvalue weighted by molar-refractivity contribution is 5.77. The zero-order chi connectivity index (χ0) is 20.5. The first-order valence-electron chi connectivity index (χ1n) is 11.1. The number of aromatic nitrogens is 3. The fourth-order valence-electron chi connectivity index (χ4n) is 4.99. The number of hydrogen-bond donors (Lipinski definition) is 0. The summed E-state index contributed by atoms with van der Waals surface area (Å²) >= 11 is 0. The van der Waals surface area contributed by atoms with Crippen LogP contribution in [0.3, 0.4) is 0 Å². The smallest absolute Gasteiger partial charge is 0.248 e. The van der Waals surface area contributed by atoms with Crippen LogP contribution in [0.2, 0.25) is 0 Å². The standard InChI is InChI=1S/C23H30N4O3/c1-29-15-23(28)26-11-18-9-21(22(10-19(18)12-26)30-14-16-7-8-16)27-13-20(24-25-27)17-5-3-2-4-6-17/h2-6,13,16,18-19,21-22H,7-12,14-15H2,1H3/t18-,19+,21-,22-/m1/s1. The molecule has 1 saturated heterocycles. The second-order valence-corrected chi connectivity index (χ2v) is 9.06. The van der Waals surface area contributed by atoms with Crippen LogP contribution in [0.5, 0.6) is 0 Å². The molecule has 0 N–H and O–H groups in total. The monoisotopic (exact) mass is 410 g/mol. The second kappa shape index (κ2) is 8.47. The zero-order valence-corrected chi connectivity index (χ0v) is 17.5. The van der Waals surface area contributed by atoms with E-state index in [1.54, 1.807) is 7.11 Å². The van der Waals surface area contributed by atoms with Gasteiger partial charge in [-0.1, -0.05) is 35.5 Å². The number of ether oxygens (including phenoxy) is 2. The number of amides is 1. The van der Waals surface area contributed by atoms with Crippen molar-refractivity contribution in [1.29, 1.82) is 0 Å². The van der Waals surface area contributed by atoms with Gasteiger partial charge in [-0.3, -0.25) is 4.79 Å². The van der Waals surface area contributed by atoms with Gasteiger partial charge in [0.15, 0.2) is 0 Å². The molecule has 2 aliphatic carbocycles. The van der Waals surface area contributed by atoms with Gasteiger partial charge in [0.2, 0.25) is 5.91 Å². The molecule has 1 aliphatic heterocycles. The highest BCUT2D eigenvalue weighted by Crippen LogP contribution is 2.43. The van der Waals surface area contributed by atoms with Crippen LogP contribution in [0, 0.1) is 17.8 Å². The molecule has 4 atom stereocenters. The maximum Gasteiger partial charge on any atom is 0.248 e. The average molecular weight is 411 g/mol. The van der Waals surface area contributed by atoms with Crippen LogP contribution < -0.4 is 0 Å². The molecular formula is C23H30N4O3. The van der Waals surface area contributed by atoms with Gasteiger partial charge in [-0.25, -0.2) is 4.68 Å². The lowest BCUT2D eigenvalue weighted by molar-refractivity contribution is -0.134. The third-order valence-electron chi connectivity index (χ3n) is 6.87. The molecule has 1 aromatic heterocycles. The van der Waals surface area contributed by atoms with Crippen molar-refractivity contribution < 1.29 is 14.3 Å². The number of fused-ring (bicyclic) bond motifs is 1. The van der Waals surface area contributed by atoms with E-state index in [1.807, 2.05) is 27.8 Å². The van der Waals surface area contributed by atoms with E-state index in [-0.39, 0.29) is 24.7 Å². The Balaban J connectivity index is 1.34. The van der Waals surface area contributed by atoms with Gasteiger partial charge in [-0.05, 0) is 43.4 Å². The van der Waals surface area contributed by atoms with Crippen molar-refractivity contribution in [1.82, 2.24) is 19.9 Å². The molecule has 160 valence electrons. The number of benzene rings is 1. The molecule has 5 rings (SSSR count). The fourth-order valence-corrected chi connectivity index (χ4v) is 4.99. The number of carbonyl (C=O) groups is 1. The molecule has 30 heavy (non-hydrogen) atoms. The van der Waals surface area contributed by atoms with Gasteiger partial charge in [-0.15, -0.1) is 5.10 Å². The SMILES string of the molecule is COCC(=O)N1C[C@H]2C[C@@H](n3cc(-c4ccccc4)nn3)[C@H](OCC3CC3)C[C@H]2C1. The summed E-state index contributed by atoms with van der Waals surface area (Å²) in [4.78, 5) is 14.3. The second-order valence-electron chi connectivity index (χ2n) is 9.06. The number of carbonyl (C=O) groups excluding carboxylic acids is 1. The Labute approximate surface area is 177 Å². The number of likely N-dealkylation sites (tertiary alicyclic amines) is 1. The van der Waals surface area contributed by atoms with E-state index < -0.39 is 0 Å². The van der Waals surface area contributed by atoms with E-state index >= 15 is 0 Å². The molecule has 7 nitrogen and oxygen atoms in total. The average Bonchev–Trinajstić information content (AvgIpc) is 3.30. The molecule has 1 aromatic carbocycles. The third kappa shape index (κ3) is 4.14. The number of rotatable bonds is 7. The molecule has 2 saturated carbocycles. The summed E-state index contributed by atoms with van der Waals surface area (Å²) in [6, 6.07) is 10.3. The summed E-state index contributed by atoms with van der Waals surface area (Å²) in [7, 11) is 1.58. The van der Waals surface area contributed by atoms with Crippen molar-refractivity contribution in [3.63, 3.8) is 0 Å². The molecule has 0 unspecified atom stereocenters. The molecule has 0 spiro atoms. The van der Waals surface area contributed by atoms with Crippen molar-refractivity contribution in [2.75, 3.05) is 33.4 Å². The Hall–Kier alpha value is -2.25. The first-order valence-corrected chi connectivity index (χ1v) is 11.1. The van der Waals surface area contributed by atoms with Crippen molar-refractivity contribution >= 4 is 5.91 Å². The van der Waals surface area contributed by atoms with Crippen LogP contribution in [0.25, 0.3) is 11.3 Å². The summed E-state index contributed by atoms with van der Waals surface area (Å²) in [5.41, 5.74) is 1.96. The Kier molecular flexibility index (Phi) is 5.56. The van der Waals surface area contributed by atoms with Gasteiger partial charge >= 0.3 is 0 Å². The van der Waals surface area contributed by atoms with Crippen molar-refractivity contribution in [3.8, 4) is 11.3 Å². The van der Waals surface area contributed by atoms with Crippen molar-refractivity contribution in [2.24, 2.45) is 17.8 Å². The predicted octanol–water partition coefficient (Wildman–Crippen LogP) is 2.80. The molecule has 2 aromatic rings. The van der Waals surface area contributed by atoms with Gasteiger partial charge in [0, 0.05) is 32.4 Å². The van der Waals surface area contributed by atoms with Crippen LogP contribution in [0.1, 0.15) is 31.7 Å².